The van der Waals surface area contributed by atoms with Gasteiger partial charge in [0, 0.05) is 5.56 Å². The maximum Gasteiger partial charge on any atom is 0.125 e. The van der Waals surface area contributed by atoms with E-state index in [-0.39, 0.29) is 5.75 Å². The van der Waals surface area contributed by atoms with Gasteiger partial charge in [-0.05, 0) is 42.5 Å². The number of benzene rings is 2. The standard InChI is InChI=1S/C15H13NO3/c1-18-15-7-2-11(9-16)8-12(15)10-19-14-5-3-13(17)4-6-14/h2-8,17H,10H2,1H3. The molecular formula is C15H13NO3. The van der Waals surface area contributed by atoms with E-state index in [2.05, 4.69) is 6.07 Å². The lowest BCUT2D eigenvalue weighted by Crippen LogP contribution is -1.99. The van der Waals surface area contributed by atoms with Crippen molar-refractivity contribution in [2.24, 2.45) is 0 Å². The summed E-state index contributed by atoms with van der Waals surface area (Å²) in [6.07, 6.45) is 0. The largest absolute Gasteiger partial charge is 0.508 e. The Balaban J connectivity index is 2.14. The Morgan fingerprint density at radius 2 is 1.89 bits per heavy atom. The summed E-state index contributed by atoms with van der Waals surface area (Å²) < 4.78 is 10.8. The first kappa shape index (κ1) is 12.8. The molecule has 2 rings (SSSR count). The quantitative estimate of drug-likeness (QED) is 0.912. The summed E-state index contributed by atoms with van der Waals surface area (Å²) in [7, 11) is 1.57. The van der Waals surface area contributed by atoms with Crippen molar-refractivity contribution in [3.63, 3.8) is 0 Å². The zero-order valence-corrected chi connectivity index (χ0v) is 10.5. The van der Waals surface area contributed by atoms with E-state index in [1.54, 1.807) is 49.6 Å². The molecule has 0 heterocycles. The summed E-state index contributed by atoms with van der Waals surface area (Å²) in [6.45, 7) is 0.295. The average molecular weight is 255 g/mol. The van der Waals surface area contributed by atoms with Crippen molar-refractivity contribution in [1.29, 1.82) is 5.26 Å². The molecule has 0 aliphatic rings. The molecule has 4 nitrogen and oxygen atoms in total. The number of rotatable bonds is 4. The van der Waals surface area contributed by atoms with Gasteiger partial charge in [0.1, 0.15) is 23.9 Å². The minimum absolute atomic E-state index is 0.191. The number of ether oxygens (including phenoxy) is 2. The molecule has 4 heteroatoms. The predicted molar refractivity (Wildman–Crippen MR) is 70.1 cm³/mol. The summed E-state index contributed by atoms with van der Waals surface area (Å²) in [5.41, 5.74) is 1.36. The smallest absolute Gasteiger partial charge is 0.125 e. The van der Waals surface area contributed by atoms with Crippen LogP contribution in [0.4, 0.5) is 0 Å². The molecule has 0 radical (unpaired) electrons. The Labute approximate surface area is 111 Å². The molecule has 1 N–H and O–H groups in total. The van der Waals surface area contributed by atoms with Gasteiger partial charge in [0.15, 0.2) is 0 Å². The molecule has 0 spiro atoms. The Morgan fingerprint density at radius 1 is 1.16 bits per heavy atom. The number of aromatic hydroxyl groups is 1. The number of nitriles is 1. The van der Waals surface area contributed by atoms with E-state index >= 15 is 0 Å². The van der Waals surface area contributed by atoms with E-state index in [0.29, 0.717) is 23.7 Å². The lowest BCUT2D eigenvalue weighted by atomic mass is 10.1. The lowest BCUT2D eigenvalue weighted by molar-refractivity contribution is 0.296. The maximum absolute atomic E-state index is 9.18. The first-order valence-electron chi connectivity index (χ1n) is 5.72. The average Bonchev–Trinajstić information content (AvgIpc) is 2.46. The van der Waals surface area contributed by atoms with Crippen molar-refractivity contribution in [3.05, 3.63) is 53.6 Å². The molecule has 2 aromatic carbocycles. The molecule has 96 valence electrons. The highest BCUT2D eigenvalue weighted by Gasteiger charge is 2.05. The van der Waals surface area contributed by atoms with E-state index in [1.165, 1.54) is 0 Å². The molecule has 0 fully saturated rings. The fourth-order valence-electron chi connectivity index (χ4n) is 1.66. The molecule has 0 bridgehead atoms. The van der Waals surface area contributed by atoms with E-state index in [1.807, 2.05) is 0 Å². The van der Waals surface area contributed by atoms with Gasteiger partial charge in [0.2, 0.25) is 0 Å². The number of hydrogen-bond donors (Lipinski definition) is 1. The van der Waals surface area contributed by atoms with Gasteiger partial charge in [0.05, 0.1) is 18.7 Å². The Hall–Kier alpha value is -2.67. The van der Waals surface area contributed by atoms with Crippen LogP contribution in [0.5, 0.6) is 17.2 Å². The van der Waals surface area contributed by atoms with Crippen LogP contribution in [0, 0.1) is 11.3 Å². The molecule has 0 saturated heterocycles. The molecule has 0 aromatic heterocycles. The third-order valence-corrected chi connectivity index (χ3v) is 2.64. The second-order valence-corrected chi connectivity index (χ2v) is 3.92. The van der Waals surface area contributed by atoms with Gasteiger partial charge in [-0.25, -0.2) is 0 Å². The summed E-state index contributed by atoms with van der Waals surface area (Å²) in [5.74, 6) is 1.51. The van der Waals surface area contributed by atoms with Gasteiger partial charge in [-0.2, -0.15) is 5.26 Å². The van der Waals surface area contributed by atoms with E-state index in [9.17, 15) is 5.11 Å². The molecule has 0 unspecified atom stereocenters. The van der Waals surface area contributed by atoms with Gasteiger partial charge in [-0.1, -0.05) is 0 Å². The van der Waals surface area contributed by atoms with Crippen LogP contribution >= 0.6 is 0 Å². The zero-order chi connectivity index (χ0) is 13.7. The number of methoxy groups -OCH3 is 1. The molecule has 0 aliphatic carbocycles. The molecule has 2 aromatic rings. The third kappa shape index (κ3) is 3.17. The van der Waals surface area contributed by atoms with E-state index in [0.717, 1.165) is 5.56 Å². The van der Waals surface area contributed by atoms with Crippen LogP contribution in [0.15, 0.2) is 42.5 Å². The van der Waals surface area contributed by atoms with Gasteiger partial charge < -0.3 is 14.6 Å². The van der Waals surface area contributed by atoms with Crippen LogP contribution in [-0.2, 0) is 6.61 Å². The van der Waals surface area contributed by atoms with Crippen molar-refractivity contribution in [2.75, 3.05) is 7.11 Å². The normalized spacial score (nSPS) is 9.68. The highest BCUT2D eigenvalue weighted by molar-refractivity contribution is 5.42. The highest BCUT2D eigenvalue weighted by Crippen LogP contribution is 2.23. The van der Waals surface area contributed by atoms with Crippen LogP contribution in [0.2, 0.25) is 0 Å². The molecular weight excluding hydrogens is 242 g/mol. The third-order valence-electron chi connectivity index (χ3n) is 2.64. The summed E-state index contributed by atoms with van der Waals surface area (Å²) >= 11 is 0. The monoisotopic (exact) mass is 255 g/mol. The summed E-state index contributed by atoms with van der Waals surface area (Å²) in [5, 5.41) is 18.1. The van der Waals surface area contributed by atoms with Crippen molar-refractivity contribution < 1.29 is 14.6 Å². The van der Waals surface area contributed by atoms with E-state index < -0.39 is 0 Å². The fraction of sp³-hybridized carbons (Fsp3) is 0.133. The van der Waals surface area contributed by atoms with Gasteiger partial charge in [0.25, 0.3) is 0 Å². The molecule has 0 saturated carbocycles. The van der Waals surface area contributed by atoms with E-state index in [4.69, 9.17) is 14.7 Å². The van der Waals surface area contributed by atoms with Gasteiger partial charge in [-0.3, -0.25) is 0 Å². The second kappa shape index (κ2) is 5.78. The second-order valence-electron chi connectivity index (χ2n) is 3.92. The van der Waals surface area contributed by atoms with Crippen LogP contribution in [0.3, 0.4) is 0 Å². The number of hydrogen-bond acceptors (Lipinski definition) is 4. The number of nitrogens with zero attached hydrogens (tertiary/aromatic N) is 1. The van der Waals surface area contributed by atoms with Crippen molar-refractivity contribution in [1.82, 2.24) is 0 Å². The number of phenolic OH excluding ortho intramolecular Hbond substituents is 1. The molecule has 0 amide bonds. The Kier molecular flexibility index (Phi) is 3.89. The van der Waals surface area contributed by atoms with Crippen molar-refractivity contribution in [3.8, 4) is 23.3 Å². The molecule has 0 aliphatic heterocycles. The maximum atomic E-state index is 9.18. The SMILES string of the molecule is COc1ccc(C#N)cc1COc1ccc(O)cc1. The van der Waals surface area contributed by atoms with Crippen LogP contribution < -0.4 is 9.47 Å². The highest BCUT2D eigenvalue weighted by atomic mass is 16.5. The molecule has 0 atom stereocenters. The van der Waals surface area contributed by atoms with Crippen molar-refractivity contribution in [2.45, 2.75) is 6.61 Å². The fourth-order valence-corrected chi connectivity index (χ4v) is 1.66. The first-order valence-corrected chi connectivity index (χ1v) is 5.72. The first-order chi connectivity index (χ1) is 9.22. The Morgan fingerprint density at radius 3 is 2.53 bits per heavy atom. The lowest BCUT2D eigenvalue weighted by Gasteiger charge is -2.10. The van der Waals surface area contributed by atoms with Gasteiger partial charge in [-0.15, -0.1) is 0 Å². The van der Waals surface area contributed by atoms with Crippen LogP contribution in [0.25, 0.3) is 0 Å². The minimum atomic E-state index is 0.191. The Bertz CT molecular complexity index is 600. The van der Waals surface area contributed by atoms with Crippen molar-refractivity contribution >= 4 is 0 Å². The minimum Gasteiger partial charge on any atom is -0.508 e. The van der Waals surface area contributed by atoms with Crippen LogP contribution in [0.1, 0.15) is 11.1 Å². The summed E-state index contributed by atoms with van der Waals surface area (Å²) in [6, 6.07) is 13.7. The van der Waals surface area contributed by atoms with Gasteiger partial charge >= 0.3 is 0 Å². The summed E-state index contributed by atoms with van der Waals surface area (Å²) in [4.78, 5) is 0. The topological polar surface area (TPSA) is 62.5 Å². The number of phenols is 1. The molecule has 19 heavy (non-hydrogen) atoms. The zero-order valence-electron chi connectivity index (χ0n) is 10.5. The predicted octanol–water partition coefficient (Wildman–Crippen LogP) is 2.85. The van der Waals surface area contributed by atoms with Crippen LogP contribution in [-0.4, -0.2) is 12.2 Å².